The standard InChI is InChI=1S/C21H25N5O2/c1-13(2)10-17-11-25(12-18-23-22-15(4)26(17)18)21(27)19-14(3)28-24-20(19)16-8-6-5-7-9-16/h5-9,13,17H,10-12H2,1-4H3/t17-/m0/s1. The fourth-order valence-electron chi connectivity index (χ4n) is 4.02. The molecule has 7 nitrogen and oxygen atoms in total. The topological polar surface area (TPSA) is 77.1 Å². The Bertz CT molecular complexity index is 990. The lowest BCUT2D eigenvalue weighted by Gasteiger charge is -2.35. The van der Waals surface area contributed by atoms with Gasteiger partial charge in [0.05, 0.1) is 12.6 Å². The lowest BCUT2D eigenvalue weighted by molar-refractivity contribution is 0.0659. The van der Waals surface area contributed by atoms with Crippen molar-refractivity contribution in [3.63, 3.8) is 0 Å². The molecule has 1 aromatic carbocycles. The second-order valence-electron chi connectivity index (χ2n) is 7.83. The van der Waals surface area contributed by atoms with E-state index in [0.29, 0.717) is 36.0 Å². The van der Waals surface area contributed by atoms with Gasteiger partial charge in [-0.05, 0) is 26.2 Å². The number of hydrogen-bond donors (Lipinski definition) is 0. The van der Waals surface area contributed by atoms with E-state index in [-0.39, 0.29) is 11.9 Å². The molecule has 2 aromatic heterocycles. The van der Waals surface area contributed by atoms with Crippen LogP contribution >= 0.6 is 0 Å². The van der Waals surface area contributed by atoms with Gasteiger partial charge < -0.3 is 14.0 Å². The number of aromatic nitrogens is 4. The number of nitrogens with zero attached hydrogens (tertiary/aromatic N) is 5. The first kappa shape index (κ1) is 18.4. The molecule has 1 aliphatic heterocycles. The summed E-state index contributed by atoms with van der Waals surface area (Å²) in [6, 6.07) is 9.84. The van der Waals surface area contributed by atoms with Gasteiger partial charge in [-0.25, -0.2) is 0 Å². The smallest absolute Gasteiger partial charge is 0.260 e. The molecule has 0 fully saturated rings. The number of carbonyl (C=O) groups is 1. The van der Waals surface area contributed by atoms with Crippen LogP contribution in [0.4, 0.5) is 0 Å². The van der Waals surface area contributed by atoms with Crippen molar-refractivity contribution >= 4 is 5.91 Å². The van der Waals surface area contributed by atoms with Crippen molar-refractivity contribution in [2.24, 2.45) is 5.92 Å². The molecule has 4 rings (SSSR count). The van der Waals surface area contributed by atoms with Gasteiger partial charge in [-0.2, -0.15) is 0 Å². The lowest BCUT2D eigenvalue weighted by atomic mass is 10.00. The van der Waals surface area contributed by atoms with E-state index in [0.717, 1.165) is 23.6 Å². The molecule has 1 aliphatic rings. The fraction of sp³-hybridized carbons (Fsp3) is 0.429. The van der Waals surface area contributed by atoms with Crippen LogP contribution in [-0.2, 0) is 6.54 Å². The van der Waals surface area contributed by atoms with E-state index in [1.165, 1.54) is 0 Å². The Kier molecular flexibility index (Phi) is 4.75. The van der Waals surface area contributed by atoms with Crippen LogP contribution in [0.5, 0.6) is 0 Å². The Morgan fingerprint density at radius 3 is 2.68 bits per heavy atom. The molecular formula is C21H25N5O2. The van der Waals surface area contributed by atoms with Gasteiger partial charge in [-0.3, -0.25) is 4.79 Å². The fourth-order valence-corrected chi connectivity index (χ4v) is 4.02. The van der Waals surface area contributed by atoms with Crippen molar-refractivity contribution in [1.29, 1.82) is 0 Å². The van der Waals surface area contributed by atoms with Crippen molar-refractivity contribution in [2.45, 2.75) is 46.7 Å². The molecule has 0 saturated heterocycles. The average molecular weight is 379 g/mol. The first-order valence-corrected chi connectivity index (χ1v) is 9.67. The highest BCUT2D eigenvalue weighted by atomic mass is 16.5. The second kappa shape index (κ2) is 7.22. The van der Waals surface area contributed by atoms with E-state index < -0.39 is 0 Å². The highest BCUT2D eigenvalue weighted by Crippen LogP contribution is 2.31. The SMILES string of the molecule is Cc1onc(-c2ccccc2)c1C(=O)N1Cc2nnc(C)n2[C@@H](CC(C)C)C1. The van der Waals surface area contributed by atoms with Crippen LogP contribution in [-0.4, -0.2) is 37.3 Å². The summed E-state index contributed by atoms with van der Waals surface area (Å²) in [6.45, 7) is 9.21. The Morgan fingerprint density at radius 2 is 1.96 bits per heavy atom. The zero-order valence-corrected chi connectivity index (χ0v) is 16.7. The molecule has 1 atom stereocenters. The lowest BCUT2D eigenvalue weighted by Crippen LogP contribution is -2.42. The molecule has 3 aromatic rings. The second-order valence-corrected chi connectivity index (χ2v) is 7.83. The van der Waals surface area contributed by atoms with Crippen LogP contribution in [0, 0.1) is 19.8 Å². The van der Waals surface area contributed by atoms with Gasteiger partial charge in [0.15, 0.2) is 5.82 Å². The van der Waals surface area contributed by atoms with Gasteiger partial charge in [-0.15, -0.1) is 10.2 Å². The molecule has 7 heteroatoms. The summed E-state index contributed by atoms with van der Waals surface area (Å²) >= 11 is 0. The Hall–Kier alpha value is -2.96. The molecule has 28 heavy (non-hydrogen) atoms. The van der Waals surface area contributed by atoms with Crippen molar-refractivity contribution in [3.8, 4) is 11.3 Å². The number of benzene rings is 1. The van der Waals surface area contributed by atoms with Gasteiger partial charge in [0.2, 0.25) is 0 Å². The van der Waals surface area contributed by atoms with Gasteiger partial charge in [0.25, 0.3) is 5.91 Å². The molecule has 1 amide bonds. The Balaban J connectivity index is 1.69. The van der Waals surface area contributed by atoms with E-state index in [2.05, 4.69) is 33.8 Å². The molecule has 0 N–H and O–H groups in total. The van der Waals surface area contributed by atoms with Crippen LogP contribution in [0.3, 0.4) is 0 Å². The quantitative estimate of drug-likeness (QED) is 0.689. The predicted octanol–water partition coefficient (Wildman–Crippen LogP) is 3.79. The number of rotatable bonds is 4. The summed E-state index contributed by atoms with van der Waals surface area (Å²) in [7, 11) is 0. The minimum atomic E-state index is -0.0711. The maximum Gasteiger partial charge on any atom is 0.260 e. The van der Waals surface area contributed by atoms with Crippen molar-refractivity contribution in [1.82, 2.24) is 24.8 Å². The average Bonchev–Trinajstić information content (AvgIpc) is 3.24. The third kappa shape index (κ3) is 3.21. The molecule has 0 bridgehead atoms. The van der Waals surface area contributed by atoms with E-state index in [1.807, 2.05) is 42.2 Å². The number of amides is 1. The van der Waals surface area contributed by atoms with Crippen molar-refractivity contribution in [3.05, 3.63) is 53.3 Å². The predicted molar refractivity (Wildman–Crippen MR) is 105 cm³/mol. The molecular weight excluding hydrogens is 354 g/mol. The summed E-state index contributed by atoms with van der Waals surface area (Å²) in [5.41, 5.74) is 1.99. The van der Waals surface area contributed by atoms with Gasteiger partial charge in [-0.1, -0.05) is 49.3 Å². The summed E-state index contributed by atoms with van der Waals surface area (Å²) in [6.07, 6.45) is 0.962. The molecule has 0 radical (unpaired) electrons. The van der Waals surface area contributed by atoms with Gasteiger partial charge >= 0.3 is 0 Å². The molecule has 0 unspecified atom stereocenters. The maximum absolute atomic E-state index is 13.5. The van der Waals surface area contributed by atoms with E-state index >= 15 is 0 Å². The number of aryl methyl sites for hydroxylation is 2. The minimum absolute atomic E-state index is 0.0711. The Morgan fingerprint density at radius 1 is 1.21 bits per heavy atom. The first-order valence-electron chi connectivity index (χ1n) is 9.67. The van der Waals surface area contributed by atoms with Crippen LogP contribution in [0.25, 0.3) is 11.3 Å². The maximum atomic E-state index is 13.5. The van der Waals surface area contributed by atoms with E-state index in [1.54, 1.807) is 6.92 Å². The highest BCUT2D eigenvalue weighted by molar-refractivity contribution is 6.00. The summed E-state index contributed by atoms with van der Waals surface area (Å²) in [5, 5.41) is 12.7. The van der Waals surface area contributed by atoms with Crippen LogP contribution in [0.2, 0.25) is 0 Å². The third-order valence-electron chi connectivity index (χ3n) is 5.22. The number of fused-ring (bicyclic) bond motifs is 1. The van der Waals surface area contributed by atoms with E-state index in [4.69, 9.17) is 4.52 Å². The normalized spacial score (nSPS) is 16.5. The highest BCUT2D eigenvalue weighted by Gasteiger charge is 2.34. The summed E-state index contributed by atoms with van der Waals surface area (Å²) < 4.78 is 7.58. The summed E-state index contributed by atoms with van der Waals surface area (Å²) in [5.74, 6) is 2.70. The Labute approximate surface area is 164 Å². The molecule has 146 valence electrons. The monoisotopic (exact) mass is 379 g/mol. The molecule has 0 saturated carbocycles. The third-order valence-corrected chi connectivity index (χ3v) is 5.22. The van der Waals surface area contributed by atoms with E-state index in [9.17, 15) is 4.79 Å². The van der Waals surface area contributed by atoms with Crippen LogP contribution < -0.4 is 0 Å². The zero-order chi connectivity index (χ0) is 19.8. The van der Waals surface area contributed by atoms with Gasteiger partial charge in [0.1, 0.15) is 22.8 Å². The molecule has 0 spiro atoms. The molecule has 0 aliphatic carbocycles. The van der Waals surface area contributed by atoms with Crippen LogP contribution in [0.1, 0.15) is 54.1 Å². The summed E-state index contributed by atoms with van der Waals surface area (Å²) in [4.78, 5) is 15.3. The van der Waals surface area contributed by atoms with Crippen molar-refractivity contribution in [2.75, 3.05) is 6.54 Å². The van der Waals surface area contributed by atoms with Gasteiger partial charge in [0, 0.05) is 12.1 Å². The number of hydrogen-bond acceptors (Lipinski definition) is 5. The van der Waals surface area contributed by atoms with Crippen molar-refractivity contribution < 1.29 is 9.32 Å². The minimum Gasteiger partial charge on any atom is -0.360 e. The number of carbonyl (C=O) groups excluding carboxylic acids is 1. The largest absolute Gasteiger partial charge is 0.360 e. The van der Waals surface area contributed by atoms with Crippen LogP contribution in [0.15, 0.2) is 34.9 Å². The first-order chi connectivity index (χ1) is 13.5. The molecule has 3 heterocycles. The zero-order valence-electron chi connectivity index (χ0n) is 16.7.